The number of hydrogen-bond acceptors (Lipinski definition) is 10. The number of carbonyl (C=O) groups is 4. The molecule has 0 bridgehead atoms. The van der Waals surface area contributed by atoms with Gasteiger partial charge in [0.15, 0.2) is 5.69 Å². The molecule has 4 N–H and O–H groups in total. The molecule has 11 nitrogen and oxygen atoms in total. The van der Waals surface area contributed by atoms with Crippen LogP contribution in [0.1, 0.15) is 61.2 Å². The number of hydrogen-bond donors (Lipinski definition) is 4. The normalized spacial score (nSPS) is 13.9. The summed E-state index contributed by atoms with van der Waals surface area (Å²) < 4.78 is 0. The van der Waals surface area contributed by atoms with Gasteiger partial charge in [-0.15, -0.1) is 34.0 Å². The van der Waals surface area contributed by atoms with Gasteiger partial charge < -0.3 is 21.1 Å². The van der Waals surface area contributed by atoms with Crippen molar-refractivity contribution >= 4 is 57.7 Å². The minimum Gasteiger partial charge on any atom is -0.476 e. The molecule has 0 saturated heterocycles. The number of aromatic carboxylic acids is 1. The lowest BCUT2D eigenvalue weighted by molar-refractivity contribution is -0.132. The molecule has 4 aromatic rings. The number of thiazole rings is 3. The van der Waals surface area contributed by atoms with Crippen molar-refractivity contribution in [2.45, 2.75) is 58.7 Å². The van der Waals surface area contributed by atoms with E-state index in [1.807, 2.05) is 56.5 Å². The van der Waals surface area contributed by atoms with Gasteiger partial charge in [0.05, 0.1) is 6.04 Å². The lowest BCUT2D eigenvalue weighted by atomic mass is 9.97. The second-order valence-electron chi connectivity index (χ2n) is 10.00. The molecule has 3 heterocycles. The van der Waals surface area contributed by atoms with E-state index in [2.05, 4.69) is 30.9 Å². The smallest absolute Gasteiger partial charge is 0.355 e. The Bertz CT molecular complexity index is 1580. The van der Waals surface area contributed by atoms with Gasteiger partial charge in [-0.1, -0.05) is 50.6 Å². The van der Waals surface area contributed by atoms with Gasteiger partial charge in [-0.3, -0.25) is 14.4 Å². The number of nitrogens with one attached hydrogen (secondary N) is 3. The van der Waals surface area contributed by atoms with E-state index in [9.17, 15) is 19.2 Å². The van der Waals surface area contributed by atoms with Gasteiger partial charge in [-0.25, -0.2) is 19.7 Å². The van der Waals surface area contributed by atoms with E-state index in [-0.39, 0.29) is 23.4 Å². The van der Waals surface area contributed by atoms with Crippen molar-refractivity contribution in [2.75, 3.05) is 0 Å². The Balaban J connectivity index is 1.43. The van der Waals surface area contributed by atoms with Crippen molar-refractivity contribution in [3.05, 3.63) is 62.7 Å². The van der Waals surface area contributed by atoms with E-state index in [0.29, 0.717) is 39.3 Å². The van der Waals surface area contributed by atoms with Crippen molar-refractivity contribution in [1.82, 2.24) is 30.9 Å². The highest BCUT2D eigenvalue weighted by molar-refractivity contribution is 7.16. The Morgan fingerprint density at radius 1 is 0.837 bits per heavy atom. The molecule has 0 aliphatic rings. The minimum absolute atomic E-state index is 0.0243. The Hall–Kier alpha value is -4.01. The standard InChI is InChI=1S/C29H32N6O5S3/c1-5-15(2)23(35-24(37)19(31-17(4)36)11-18-9-7-6-8-10-18)25(38)30-16(3)26-32-20(12-41-26)27-33-21(13-42-27)28-34-22(14-43-28)29(39)40/h6-10,12-16,19,23H,5,11H2,1-4H3,(H,30,38)(H,31,36)(H,35,37)(H,39,40)/t15-,16+,19+,23-/m0/s1. The van der Waals surface area contributed by atoms with Crippen molar-refractivity contribution in [3.8, 4) is 21.4 Å². The summed E-state index contributed by atoms with van der Waals surface area (Å²) in [5.41, 5.74) is 2.07. The van der Waals surface area contributed by atoms with Crippen LogP contribution in [-0.4, -0.2) is 55.8 Å². The molecule has 0 aliphatic carbocycles. The van der Waals surface area contributed by atoms with Crippen LogP contribution in [0.2, 0.25) is 0 Å². The monoisotopic (exact) mass is 640 g/mol. The Morgan fingerprint density at radius 2 is 1.49 bits per heavy atom. The molecule has 1 aromatic carbocycles. The average Bonchev–Trinajstić information content (AvgIpc) is 3.76. The van der Waals surface area contributed by atoms with Crippen LogP contribution in [-0.2, 0) is 20.8 Å². The van der Waals surface area contributed by atoms with Crippen molar-refractivity contribution in [1.29, 1.82) is 0 Å². The van der Waals surface area contributed by atoms with Crippen LogP contribution in [0, 0.1) is 5.92 Å². The summed E-state index contributed by atoms with van der Waals surface area (Å²) >= 11 is 3.95. The summed E-state index contributed by atoms with van der Waals surface area (Å²) in [4.78, 5) is 63.1. The Morgan fingerprint density at radius 3 is 2.14 bits per heavy atom. The van der Waals surface area contributed by atoms with Crippen LogP contribution >= 0.6 is 34.0 Å². The third-order valence-corrected chi connectivity index (χ3v) is 9.44. The van der Waals surface area contributed by atoms with E-state index in [1.54, 1.807) is 5.38 Å². The fourth-order valence-electron chi connectivity index (χ4n) is 4.19. The number of carbonyl (C=O) groups excluding carboxylic acids is 3. The van der Waals surface area contributed by atoms with Crippen molar-refractivity contribution in [3.63, 3.8) is 0 Å². The first-order chi connectivity index (χ1) is 20.5. The van der Waals surface area contributed by atoms with Gasteiger partial charge in [0.2, 0.25) is 17.7 Å². The number of carboxylic acids is 1. The number of aromatic nitrogens is 3. The molecule has 4 atom stereocenters. The van der Waals surface area contributed by atoms with E-state index in [1.165, 1.54) is 46.3 Å². The molecule has 226 valence electrons. The van der Waals surface area contributed by atoms with Crippen LogP contribution in [0.15, 0.2) is 46.5 Å². The minimum atomic E-state index is -1.09. The first-order valence-electron chi connectivity index (χ1n) is 13.6. The highest BCUT2D eigenvalue weighted by Crippen LogP contribution is 2.32. The summed E-state index contributed by atoms with van der Waals surface area (Å²) in [5.74, 6) is -2.37. The Kier molecular flexibility index (Phi) is 10.7. The van der Waals surface area contributed by atoms with Crippen LogP contribution in [0.3, 0.4) is 0 Å². The number of rotatable bonds is 13. The lowest BCUT2D eigenvalue weighted by Gasteiger charge is -2.27. The van der Waals surface area contributed by atoms with Crippen LogP contribution in [0.5, 0.6) is 0 Å². The highest BCUT2D eigenvalue weighted by atomic mass is 32.1. The SMILES string of the molecule is CC[C@H](C)[C@H](NC(=O)[C@@H](Cc1ccccc1)NC(C)=O)C(=O)N[C@H](C)c1nc(-c2nc(-c3nc(C(=O)O)cs3)cs2)cs1. The number of amides is 3. The zero-order valence-electron chi connectivity index (χ0n) is 24.0. The topological polar surface area (TPSA) is 163 Å². The first-order valence-corrected chi connectivity index (χ1v) is 16.2. The van der Waals surface area contributed by atoms with E-state index < -0.39 is 30.0 Å². The molecule has 0 spiro atoms. The second kappa shape index (κ2) is 14.4. The molecule has 0 radical (unpaired) electrons. The average molecular weight is 641 g/mol. The number of benzene rings is 1. The molecule has 0 unspecified atom stereocenters. The number of nitrogens with zero attached hydrogens (tertiary/aromatic N) is 3. The second-order valence-corrected chi connectivity index (χ2v) is 12.6. The zero-order valence-corrected chi connectivity index (χ0v) is 26.4. The predicted molar refractivity (Wildman–Crippen MR) is 167 cm³/mol. The van der Waals surface area contributed by atoms with Crippen molar-refractivity contribution in [2.24, 2.45) is 5.92 Å². The third kappa shape index (κ3) is 8.30. The van der Waals surface area contributed by atoms with Gasteiger partial charge in [0.25, 0.3) is 0 Å². The first kappa shape index (κ1) is 31.9. The van der Waals surface area contributed by atoms with Crippen LogP contribution < -0.4 is 16.0 Å². The summed E-state index contributed by atoms with van der Waals surface area (Å²) in [6.45, 7) is 7.01. The van der Waals surface area contributed by atoms with Gasteiger partial charge in [-0.2, -0.15) is 0 Å². The fourth-order valence-corrected chi connectivity index (χ4v) is 6.67. The van der Waals surface area contributed by atoms with Crippen LogP contribution in [0.4, 0.5) is 0 Å². The molecule has 3 aromatic heterocycles. The molecule has 0 fully saturated rings. The summed E-state index contributed by atoms with van der Waals surface area (Å²) in [6.07, 6.45) is 0.943. The molecule has 43 heavy (non-hydrogen) atoms. The van der Waals surface area contributed by atoms with Gasteiger partial charge in [0.1, 0.15) is 38.5 Å². The number of carboxylic acid groups (broad SMARTS) is 1. The van der Waals surface area contributed by atoms with Gasteiger partial charge >= 0.3 is 5.97 Å². The highest BCUT2D eigenvalue weighted by Gasteiger charge is 2.31. The summed E-state index contributed by atoms with van der Waals surface area (Å²) in [5, 5.41) is 24.6. The Labute approximate surface area is 260 Å². The maximum Gasteiger partial charge on any atom is 0.355 e. The molecule has 0 aliphatic heterocycles. The quantitative estimate of drug-likeness (QED) is 0.165. The van der Waals surface area contributed by atoms with Gasteiger partial charge in [-0.05, 0) is 18.4 Å². The molecule has 3 amide bonds. The molecule has 0 saturated carbocycles. The summed E-state index contributed by atoms with van der Waals surface area (Å²) in [6, 6.07) is 7.28. The zero-order chi connectivity index (χ0) is 31.1. The lowest BCUT2D eigenvalue weighted by Crippen LogP contribution is -2.56. The molecular weight excluding hydrogens is 609 g/mol. The van der Waals surface area contributed by atoms with Crippen LogP contribution in [0.25, 0.3) is 21.4 Å². The summed E-state index contributed by atoms with van der Waals surface area (Å²) in [7, 11) is 0. The maximum absolute atomic E-state index is 13.5. The van der Waals surface area contributed by atoms with Crippen molar-refractivity contribution < 1.29 is 24.3 Å². The van der Waals surface area contributed by atoms with Gasteiger partial charge in [0, 0.05) is 29.5 Å². The fraction of sp³-hybridized carbons (Fsp3) is 0.345. The largest absolute Gasteiger partial charge is 0.476 e. The molecule has 14 heteroatoms. The van der Waals surface area contributed by atoms with E-state index in [4.69, 9.17) is 5.11 Å². The predicted octanol–water partition coefficient (Wildman–Crippen LogP) is 4.54. The molecular formula is C29H32N6O5S3. The van der Waals surface area contributed by atoms with E-state index in [0.717, 1.165) is 5.56 Å². The molecule has 4 rings (SSSR count). The third-order valence-electron chi connectivity index (χ3n) is 6.69. The van der Waals surface area contributed by atoms with E-state index >= 15 is 0 Å². The maximum atomic E-state index is 13.5.